The lowest BCUT2D eigenvalue weighted by atomic mass is 10.2. The zero-order valence-corrected chi connectivity index (χ0v) is 23.7. The number of benzene rings is 1. The third kappa shape index (κ3) is 9.96. The average molecular weight is 592 g/mol. The smallest absolute Gasteiger partial charge is 0.410 e. The van der Waals surface area contributed by atoms with Gasteiger partial charge in [0.15, 0.2) is 0 Å². The molecular formula is C27H38N6O8. The van der Waals surface area contributed by atoms with Crippen molar-refractivity contribution >= 4 is 35.8 Å². The minimum atomic E-state index is -0.754. The Morgan fingerprint density at radius 1 is 0.707 bits per heavy atom. The van der Waals surface area contributed by atoms with Crippen LogP contribution in [-0.4, -0.2) is 126 Å². The van der Waals surface area contributed by atoms with E-state index < -0.39 is 35.5 Å². The van der Waals surface area contributed by atoms with Gasteiger partial charge >= 0.3 is 24.0 Å². The van der Waals surface area contributed by atoms with E-state index in [1.54, 1.807) is 32.9 Å². The lowest BCUT2D eigenvalue weighted by Crippen LogP contribution is -2.58. The van der Waals surface area contributed by atoms with Crippen LogP contribution in [0.4, 0.5) is 9.59 Å². The van der Waals surface area contributed by atoms with Gasteiger partial charge in [-0.1, -0.05) is 30.3 Å². The second-order valence-electron chi connectivity index (χ2n) is 10.6. The Balaban J connectivity index is 1.31. The van der Waals surface area contributed by atoms with Crippen molar-refractivity contribution in [3.63, 3.8) is 0 Å². The molecular weight excluding hydrogens is 553 g/mol. The zero-order chi connectivity index (χ0) is 30.0. The van der Waals surface area contributed by atoms with E-state index >= 15 is 0 Å². The highest BCUT2D eigenvalue weighted by molar-refractivity contribution is 6.35. The first-order valence-corrected chi connectivity index (χ1v) is 13.5. The molecule has 2 N–H and O–H groups in total. The SMILES string of the molecule is CC(C)(C)OC(=O)[15N]1[13CH2][13CH2][15N](C(=O)C(=O)[15N]2[13CH2][13CH2][15N]([13C](=O)[13CH2]N[13C](=O)[13CH2][15NH]C(=O)OCc3ccccc3)[13CH2][13CH2]2)[13CH2][13CH2]1. The number of ether oxygens (including phenoxy) is 2. The summed E-state index contributed by atoms with van der Waals surface area (Å²) in [7, 11) is 0. The van der Waals surface area contributed by atoms with E-state index in [-0.39, 0.29) is 78.0 Å². The van der Waals surface area contributed by atoms with Crippen LogP contribution >= 0.6 is 0 Å². The standard InChI is InChI=1S/C27H38N6O8/c1-27(2,3)41-26(39)33-15-13-32(14-16-33)24(37)23(36)31-11-9-30(10-12-31)22(35)18-28-21(34)17-29-25(38)40-19-20-7-5-4-6-8-20/h4-8H,9-19H2,1-3H3,(H,28,34)(H,29,38)/i9+1,10+1,11+1,12+1,13+1,14+1,15+1,16+1,17+1,18+1,21+1,22+1,29+1,30+1,31+1,32+1,33+1. The van der Waals surface area contributed by atoms with E-state index in [9.17, 15) is 28.8 Å². The molecule has 2 fully saturated rings. The van der Waals surface area contributed by atoms with Gasteiger partial charge in [-0.25, -0.2) is 9.59 Å². The summed E-state index contributed by atoms with van der Waals surface area (Å²) in [6.07, 6.45) is -1.21. The molecule has 14 heteroatoms. The Morgan fingerprint density at radius 3 is 1.76 bits per heavy atom. The first kappa shape index (κ1) is 31.2. The molecule has 0 aromatic heterocycles. The van der Waals surface area contributed by atoms with Crippen LogP contribution in [0.2, 0.25) is 0 Å². The number of rotatable bonds is 6. The second kappa shape index (κ2) is 14.3. The number of nitrogens with one attached hydrogen (secondary N) is 2. The summed E-state index contributed by atoms with van der Waals surface area (Å²) < 4.78 is 10.4. The van der Waals surface area contributed by atoms with Crippen LogP contribution in [-0.2, 0) is 35.3 Å². The number of carbonyl (C=O) groups is 6. The van der Waals surface area contributed by atoms with Gasteiger partial charge in [-0.2, -0.15) is 0 Å². The van der Waals surface area contributed by atoms with Crippen molar-refractivity contribution < 1.29 is 38.2 Å². The number of nitrogens with zero attached hydrogens (tertiary/aromatic N) is 4. The largest absolute Gasteiger partial charge is 0.445 e. The van der Waals surface area contributed by atoms with Gasteiger partial charge in [0, 0.05) is 52.4 Å². The summed E-state index contributed by atoms with van der Waals surface area (Å²) >= 11 is 0. The van der Waals surface area contributed by atoms with Gasteiger partial charge in [-0.05, 0) is 26.3 Å². The molecule has 2 heterocycles. The number of hydrogen-bond acceptors (Lipinski definition) is 8. The molecule has 41 heavy (non-hydrogen) atoms. The Hall–Kier alpha value is -4.36. The monoisotopic (exact) mass is 591 g/mol. The van der Waals surface area contributed by atoms with E-state index in [1.165, 1.54) is 19.6 Å². The van der Waals surface area contributed by atoms with E-state index in [2.05, 4.69) is 10.6 Å². The molecule has 0 radical (unpaired) electrons. The summed E-state index contributed by atoms with van der Waals surface area (Å²) in [4.78, 5) is 79.8. The molecule has 0 atom stereocenters. The van der Waals surface area contributed by atoms with Crippen LogP contribution in [0.3, 0.4) is 0 Å². The Bertz CT molecular complexity index is 1110. The summed E-state index contributed by atoms with van der Waals surface area (Å²) in [6, 6.07) is 9.08. The Labute approximate surface area is 238 Å². The van der Waals surface area contributed by atoms with Gasteiger partial charge in [-0.15, -0.1) is 0 Å². The molecule has 0 bridgehead atoms. The summed E-state index contributed by atoms with van der Waals surface area (Å²) in [5.74, 6) is -2.19. The maximum absolute atomic E-state index is 12.8. The zero-order valence-electron chi connectivity index (χ0n) is 23.7. The van der Waals surface area contributed by atoms with E-state index in [4.69, 9.17) is 9.47 Å². The quantitative estimate of drug-likeness (QED) is 0.261. The molecule has 0 unspecified atom stereocenters. The number of hydrogen-bond donors (Lipinski definition) is 2. The molecule has 6 amide bonds. The predicted octanol–water partition coefficient (Wildman–Crippen LogP) is -0.221. The van der Waals surface area contributed by atoms with Gasteiger partial charge in [-0.3, -0.25) is 19.2 Å². The van der Waals surface area contributed by atoms with Gasteiger partial charge in [0.2, 0.25) is 11.8 Å². The van der Waals surface area contributed by atoms with Gasteiger partial charge < -0.3 is 39.7 Å². The number of amides is 6. The van der Waals surface area contributed by atoms with Crippen LogP contribution in [0.5, 0.6) is 0 Å². The molecule has 2 aliphatic rings. The van der Waals surface area contributed by atoms with Gasteiger partial charge in [0.1, 0.15) is 18.8 Å². The summed E-state index contributed by atoms with van der Waals surface area (Å²) in [5.41, 5.74) is 0.187. The maximum atomic E-state index is 12.8. The molecule has 224 valence electrons. The molecule has 0 saturated carbocycles. The van der Waals surface area contributed by atoms with Crippen molar-refractivity contribution in [3.05, 3.63) is 35.9 Å². The highest BCUT2D eigenvalue weighted by Gasteiger charge is 2.34. The molecule has 2 saturated heterocycles. The maximum Gasteiger partial charge on any atom is 0.410 e. The predicted molar refractivity (Wildman–Crippen MR) is 145 cm³/mol. The minimum absolute atomic E-state index is 0.0671. The number of carbonyl (C=O) groups excluding carboxylic acids is 6. The van der Waals surface area contributed by atoms with Crippen LogP contribution < -0.4 is 10.6 Å². The van der Waals surface area contributed by atoms with Crippen LogP contribution in [0.1, 0.15) is 26.3 Å². The van der Waals surface area contributed by atoms with Crippen LogP contribution in [0, 0.1) is 0 Å². The fourth-order valence-corrected chi connectivity index (χ4v) is 4.12. The summed E-state index contributed by atoms with van der Waals surface area (Å²) in [5, 5.41) is 4.77. The number of alkyl carbamates (subject to hydrolysis) is 1. The fourth-order valence-electron chi connectivity index (χ4n) is 4.12. The molecule has 3 rings (SSSR count). The Morgan fingerprint density at radius 2 is 1.22 bits per heavy atom. The minimum Gasteiger partial charge on any atom is -0.445 e. The Kier molecular flexibility index (Phi) is 10.9. The second-order valence-corrected chi connectivity index (χ2v) is 10.6. The fraction of sp³-hybridized carbons (Fsp3) is 0.556. The van der Waals surface area contributed by atoms with Crippen molar-refractivity contribution in [2.24, 2.45) is 0 Å². The van der Waals surface area contributed by atoms with Crippen molar-refractivity contribution in [2.75, 3.05) is 65.4 Å². The third-order valence-corrected chi connectivity index (χ3v) is 6.36. The summed E-state index contributed by atoms with van der Waals surface area (Å²) in [6.45, 7) is 6.55. The molecule has 0 spiro atoms. The average Bonchev–Trinajstić information content (AvgIpc) is 2.96. The number of piperazine rings is 2. The molecule has 1 aromatic rings. The van der Waals surface area contributed by atoms with Crippen molar-refractivity contribution in [1.82, 2.24) is 30.2 Å². The van der Waals surface area contributed by atoms with Crippen LogP contribution in [0.15, 0.2) is 30.3 Å². The van der Waals surface area contributed by atoms with Crippen molar-refractivity contribution in [3.8, 4) is 0 Å². The lowest BCUT2D eigenvalue weighted by Gasteiger charge is -2.38. The topological polar surface area (TPSA) is 158 Å². The highest BCUT2D eigenvalue weighted by Crippen LogP contribution is 2.13. The van der Waals surface area contributed by atoms with E-state index in [0.29, 0.717) is 0 Å². The van der Waals surface area contributed by atoms with E-state index in [1.807, 2.05) is 18.2 Å². The molecule has 0 aliphatic carbocycles. The molecule has 14 nitrogen and oxygen atoms in total. The van der Waals surface area contributed by atoms with Crippen molar-refractivity contribution in [1.29, 1.82) is 0 Å². The lowest BCUT2D eigenvalue weighted by molar-refractivity contribution is -0.154. The van der Waals surface area contributed by atoms with E-state index in [0.717, 1.165) is 5.56 Å². The molecule has 2 aliphatic heterocycles. The van der Waals surface area contributed by atoms with Gasteiger partial charge in [0.05, 0.1) is 6.54 Å². The highest BCUT2D eigenvalue weighted by atomic mass is 16.6. The first-order valence-electron chi connectivity index (χ1n) is 13.5. The van der Waals surface area contributed by atoms with Gasteiger partial charge in [0.25, 0.3) is 0 Å². The first-order chi connectivity index (χ1) is 19.4. The van der Waals surface area contributed by atoms with Crippen molar-refractivity contribution in [2.45, 2.75) is 33.0 Å². The molecule has 1 aromatic carbocycles. The van der Waals surface area contributed by atoms with Crippen LogP contribution in [0.25, 0.3) is 0 Å². The normalized spacial score (nSPS) is 15.6. The third-order valence-electron chi connectivity index (χ3n) is 6.36.